The predicted molar refractivity (Wildman–Crippen MR) is 58.4 cm³/mol. The molecule has 2 rings (SSSR count). The van der Waals surface area contributed by atoms with Gasteiger partial charge in [0.1, 0.15) is 0 Å². The molecule has 2 saturated heterocycles. The number of carbonyl (C=O) groups excluding carboxylic acids is 1. The van der Waals surface area contributed by atoms with Gasteiger partial charge in [-0.05, 0) is 6.92 Å². The second-order valence-corrected chi connectivity index (χ2v) is 3.96. The van der Waals surface area contributed by atoms with E-state index in [0.29, 0.717) is 6.04 Å². The molecular formula is C11H17N3O. The van der Waals surface area contributed by atoms with Crippen LogP contribution < -0.4 is 5.32 Å². The van der Waals surface area contributed by atoms with Crippen LogP contribution in [0.2, 0.25) is 0 Å². The van der Waals surface area contributed by atoms with Crippen LogP contribution >= 0.6 is 0 Å². The first-order valence-electron chi connectivity index (χ1n) is 5.49. The number of nitrogens with one attached hydrogen (secondary N) is 1. The fraction of sp³-hybridized carbons (Fsp3) is 0.727. The molecule has 2 aliphatic rings. The predicted octanol–water partition coefficient (Wildman–Crippen LogP) is 0.109. The molecule has 2 amide bonds. The van der Waals surface area contributed by atoms with E-state index in [1.54, 1.807) is 0 Å². The summed E-state index contributed by atoms with van der Waals surface area (Å²) in [6, 6.07) is 0.570. The Labute approximate surface area is 90.6 Å². The minimum atomic E-state index is 0.194. The molecule has 0 saturated carbocycles. The summed E-state index contributed by atoms with van der Waals surface area (Å²) in [5.41, 5.74) is 0. The third-order valence-electron chi connectivity index (χ3n) is 2.98. The molecule has 4 nitrogen and oxygen atoms in total. The fourth-order valence-electron chi connectivity index (χ4n) is 2.19. The molecule has 0 aliphatic carbocycles. The van der Waals surface area contributed by atoms with Gasteiger partial charge in [0, 0.05) is 39.1 Å². The lowest BCUT2D eigenvalue weighted by Crippen LogP contribution is -2.49. The number of carbonyl (C=O) groups is 1. The Bertz CT molecular complexity index is 305. The average Bonchev–Trinajstić information content (AvgIpc) is 2.57. The molecule has 0 radical (unpaired) electrons. The zero-order valence-electron chi connectivity index (χ0n) is 9.12. The van der Waals surface area contributed by atoms with Gasteiger partial charge >= 0.3 is 6.03 Å². The van der Waals surface area contributed by atoms with Gasteiger partial charge in [-0.1, -0.05) is 0 Å². The van der Waals surface area contributed by atoms with Gasteiger partial charge in [0.05, 0.1) is 6.04 Å². The molecular weight excluding hydrogens is 190 g/mol. The standard InChI is InChI=1S/C11H17N3O/c1-2-3-4-6-13-9-10-8-12-5-7-14(10)11(13)15/h10,12H,4-9H2,1H3. The zero-order valence-corrected chi connectivity index (χ0v) is 9.12. The zero-order chi connectivity index (χ0) is 10.7. The van der Waals surface area contributed by atoms with Crippen molar-refractivity contribution in [2.24, 2.45) is 0 Å². The molecule has 1 atom stereocenters. The third-order valence-corrected chi connectivity index (χ3v) is 2.98. The van der Waals surface area contributed by atoms with Gasteiger partial charge in [-0.15, -0.1) is 11.8 Å². The van der Waals surface area contributed by atoms with Crippen molar-refractivity contribution in [2.75, 3.05) is 32.7 Å². The van der Waals surface area contributed by atoms with Crippen LogP contribution in [0.5, 0.6) is 0 Å². The Morgan fingerprint density at radius 2 is 2.47 bits per heavy atom. The Morgan fingerprint density at radius 3 is 3.20 bits per heavy atom. The van der Waals surface area contributed by atoms with E-state index < -0.39 is 0 Å². The van der Waals surface area contributed by atoms with Crippen LogP contribution in [0.4, 0.5) is 4.79 Å². The summed E-state index contributed by atoms with van der Waals surface area (Å²) in [5, 5.41) is 3.32. The third kappa shape index (κ3) is 2.07. The number of urea groups is 1. The molecule has 82 valence electrons. The SMILES string of the molecule is CC#CCCN1CC2CNCCN2C1=O. The largest absolute Gasteiger partial charge is 0.322 e. The van der Waals surface area contributed by atoms with Gasteiger partial charge in [0.15, 0.2) is 0 Å². The van der Waals surface area contributed by atoms with Crippen LogP contribution in [0, 0.1) is 11.8 Å². The summed E-state index contributed by atoms with van der Waals surface area (Å²) in [4.78, 5) is 15.8. The Hall–Kier alpha value is -1.21. The Morgan fingerprint density at radius 1 is 1.60 bits per heavy atom. The molecule has 2 heterocycles. The lowest BCUT2D eigenvalue weighted by Gasteiger charge is -2.28. The number of hydrogen-bond donors (Lipinski definition) is 1. The summed E-state index contributed by atoms with van der Waals surface area (Å²) in [6.07, 6.45) is 0.788. The number of piperazine rings is 1. The minimum absolute atomic E-state index is 0.194. The van der Waals surface area contributed by atoms with Gasteiger partial charge in [-0.2, -0.15) is 0 Å². The van der Waals surface area contributed by atoms with Gasteiger partial charge < -0.3 is 15.1 Å². The lowest BCUT2D eigenvalue weighted by molar-refractivity contribution is 0.179. The van der Waals surface area contributed by atoms with Crippen molar-refractivity contribution in [1.29, 1.82) is 0 Å². The molecule has 1 N–H and O–H groups in total. The average molecular weight is 207 g/mol. The molecule has 15 heavy (non-hydrogen) atoms. The van der Waals surface area contributed by atoms with Crippen LogP contribution in [0.3, 0.4) is 0 Å². The Kier molecular flexibility index (Phi) is 3.12. The summed E-state index contributed by atoms with van der Waals surface area (Å²) < 4.78 is 0. The van der Waals surface area contributed by atoms with Crippen molar-refractivity contribution in [3.63, 3.8) is 0 Å². The number of rotatable bonds is 2. The van der Waals surface area contributed by atoms with Gasteiger partial charge in [-0.3, -0.25) is 0 Å². The normalized spacial score (nSPS) is 24.9. The lowest BCUT2D eigenvalue weighted by atomic mass is 10.2. The highest BCUT2D eigenvalue weighted by atomic mass is 16.2. The number of amides is 2. The van der Waals surface area contributed by atoms with Crippen molar-refractivity contribution in [3.8, 4) is 11.8 Å². The first-order valence-corrected chi connectivity index (χ1v) is 5.49. The van der Waals surface area contributed by atoms with Gasteiger partial charge in [-0.25, -0.2) is 4.79 Å². The van der Waals surface area contributed by atoms with E-state index >= 15 is 0 Å². The van der Waals surface area contributed by atoms with E-state index in [2.05, 4.69) is 17.2 Å². The quantitative estimate of drug-likeness (QED) is 0.652. The first kappa shape index (κ1) is 10.3. The van der Waals surface area contributed by atoms with Crippen molar-refractivity contribution in [2.45, 2.75) is 19.4 Å². The van der Waals surface area contributed by atoms with Crippen LogP contribution in [0.15, 0.2) is 0 Å². The molecule has 4 heteroatoms. The van der Waals surface area contributed by atoms with Crippen LogP contribution in [0.25, 0.3) is 0 Å². The van der Waals surface area contributed by atoms with Gasteiger partial charge in [0.25, 0.3) is 0 Å². The van der Waals surface area contributed by atoms with Gasteiger partial charge in [0.2, 0.25) is 0 Å². The molecule has 0 spiro atoms. The highest BCUT2D eigenvalue weighted by molar-refractivity contribution is 5.77. The topological polar surface area (TPSA) is 35.6 Å². The van der Waals surface area contributed by atoms with Crippen molar-refractivity contribution < 1.29 is 4.79 Å². The van der Waals surface area contributed by atoms with Crippen LogP contribution in [-0.4, -0.2) is 54.6 Å². The molecule has 0 aromatic heterocycles. The van der Waals surface area contributed by atoms with E-state index in [1.165, 1.54) is 0 Å². The number of nitrogens with zero attached hydrogens (tertiary/aromatic N) is 2. The van der Waals surface area contributed by atoms with Crippen molar-refractivity contribution in [3.05, 3.63) is 0 Å². The highest BCUT2D eigenvalue weighted by Gasteiger charge is 2.37. The van der Waals surface area contributed by atoms with Crippen molar-refractivity contribution in [1.82, 2.24) is 15.1 Å². The smallest absolute Gasteiger partial charge is 0.320 e. The number of hydrogen-bond acceptors (Lipinski definition) is 2. The minimum Gasteiger partial charge on any atom is -0.322 e. The molecule has 1 unspecified atom stereocenters. The van der Waals surface area contributed by atoms with E-state index in [0.717, 1.165) is 39.1 Å². The maximum absolute atomic E-state index is 11.9. The molecule has 0 aromatic rings. The summed E-state index contributed by atoms with van der Waals surface area (Å²) in [6.45, 7) is 6.16. The van der Waals surface area contributed by atoms with Crippen LogP contribution in [0.1, 0.15) is 13.3 Å². The molecule has 0 bridgehead atoms. The van der Waals surface area contributed by atoms with E-state index in [9.17, 15) is 4.79 Å². The second kappa shape index (κ2) is 4.54. The fourth-order valence-corrected chi connectivity index (χ4v) is 2.19. The summed E-state index contributed by atoms with van der Waals surface area (Å²) in [5.74, 6) is 5.85. The van der Waals surface area contributed by atoms with E-state index in [1.807, 2.05) is 16.7 Å². The van der Waals surface area contributed by atoms with Crippen molar-refractivity contribution >= 4 is 6.03 Å². The molecule has 2 fully saturated rings. The monoisotopic (exact) mass is 207 g/mol. The first-order chi connectivity index (χ1) is 7.33. The van der Waals surface area contributed by atoms with Crippen LogP contribution in [-0.2, 0) is 0 Å². The maximum atomic E-state index is 11.9. The summed E-state index contributed by atoms with van der Waals surface area (Å²) in [7, 11) is 0. The second-order valence-electron chi connectivity index (χ2n) is 3.96. The number of fused-ring (bicyclic) bond motifs is 1. The Balaban J connectivity index is 1.91. The highest BCUT2D eigenvalue weighted by Crippen LogP contribution is 2.17. The molecule has 0 aromatic carbocycles. The molecule has 2 aliphatic heterocycles. The summed E-state index contributed by atoms with van der Waals surface area (Å²) >= 11 is 0. The maximum Gasteiger partial charge on any atom is 0.320 e. The van der Waals surface area contributed by atoms with E-state index in [-0.39, 0.29) is 6.03 Å². The van der Waals surface area contributed by atoms with E-state index in [4.69, 9.17) is 0 Å².